The molecule has 0 bridgehead atoms. The molecule has 1 aromatic heterocycles. The topological polar surface area (TPSA) is 24.9 Å². The van der Waals surface area contributed by atoms with Crippen molar-refractivity contribution in [3.63, 3.8) is 0 Å². The van der Waals surface area contributed by atoms with Gasteiger partial charge in [0.15, 0.2) is 0 Å². The van der Waals surface area contributed by atoms with Crippen LogP contribution in [0.2, 0.25) is 0 Å². The smallest absolute Gasteiger partial charge is 0.0340 e. The van der Waals surface area contributed by atoms with Gasteiger partial charge in [-0.05, 0) is 24.6 Å². The maximum absolute atomic E-state index is 4.09. The zero-order valence-corrected chi connectivity index (χ0v) is 9.12. The van der Waals surface area contributed by atoms with Gasteiger partial charge in [-0.2, -0.15) is 0 Å². The molecule has 76 valence electrons. The number of hydrogen-bond donors (Lipinski definition) is 1. The van der Waals surface area contributed by atoms with Crippen molar-refractivity contribution < 1.29 is 0 Å². The minimum atomic E-state index is 0.572. The minimum Gasteiger partial charge on any atom is -0.316 e. The molecule has 2 heteroatoms. The fraction of sp³-hybridized carbons (Fsp3) is 0.417. The van der Waals surface area contributed by atoms with Crippen molar-refractivity contribution in [3.8, 4) is 0 Å². The molecule has 1 rings (SSSR count). The van der Waals surface area contributed by atoms with Gasteiger partial charge in [0.05, 0.1) is 0 Å². The molecule has 14 heavy (non-hydrogen) atoms. The average molecular weight is 190 g/mol. The van der Waals surface area contributed by atoms with Crippen molar-refractivity contribution in [2.45, 2.75) is 13.8 Å². The predicted molar refractivity (Wildman–Crippen MR) is 61.0 cm³/mol. The third-order valence-electron chi connectivity index (χ3n) is 2.16. The first-order valence-electron chi connectivity index (χ1n) is 4.99. The molecule has 0 spiro atoms. The molecule has 0 aromatic carbocycles. The Morgan fingerprint density at radius 2 is 2.36 bits per heavy atom. The maximum atomic E-state index is 4.09. The average Bonchev–Trinajstić information content (AvgIpc) is 2.18. The van der Waals surface area contributed by atoms with Crippen LogP contribution in [0.25, 0.3) is 6.08 Å². The third-order valence-corrected chi connectivity index (χ3v) is 2.16. The second-order valence-electron chi connectivity index (χ2n) is 3.69. The number of pyridine rings is 1. The molecular formula is C12H18N2. The summed E-state index contributed by atoms with van der Waals surface area (Å²) in [6.07, 6.45) is 5.89. The van der Waals surface area contributed by atoms with E-state index in [0.29, 0.717) is 5.92 Å². The van der Waals surface area contributed by atoms with E-state index < -0.39 is 0 Å². The maximum Gasteiger partial charge on any atom is 0.0340 e. The molecule has 1 heterocycles. The Hall–Kier alpha value is -1.15. The summed E-state index contributed by atoms with van der Waals surface area (Å²) in [6, 6.07) is 4.04. The third kappa shape index (κ3) is 3.30. The monoisotopic (exact) mass is 190 g/mol. The van der Waals surface area contributed by atoms with Crippen LogP contribution in [0, 0.1) is 5.92 Å². The van der Waals surface area contributed by atoms with E-state index in [0.717, 1.165) is 6.54 Å². The van der Waals surface area contributed by atoms with Crippen LogP contribution >= 0.6 is 0 Å². The molecule has 1 aromatic rings. The Balaban J connectivity index is 2.82. The Labute approximate surface area is 86.1 Å². The van der Waals surface area contributed by atoms with E-state index in [1.165, 1.54) is 11.1 Å². The molecule has 0 radical (unpaired) electrons. The van der Waals surface area contributed by atoms with Crippen LogP contribution in [0.3, 0.4) is 0 Å². The van der Waals surface area contributed by atoms with Crippen molar-refractivity contribution in [1.29, 1.82) is 0 Å². The van der Waals surface area contributed by atoms with Gasteiger partial charge >= 0.3 is 0 Å². The number of rotatable bonds is 4. The summed E-state index contributed by atoms with van der Waals surface area (Å²) in [6.45, 7) is 5.35. The molecule has 0 aliphatic rings. The Bertz CT molecular complexity index is 288. The minimum absolute atomic E-state index is 0.572. The van der Waals surface area contributed by atoms with Crippen LogP contribution < -0.4 is 5.32 Å². The van der Waals surface area contributed by atoms with Gasteiger partial charge in [-0.3, -0.25) is 4.98 Å². The largest absolute Gasteiger partial charge is 0.316 e. The summed E-state index contributed by atoms with van der Waals surface area (Å²) < 4.78 is 0. The quantitative estimate of drug-likeness (QED) is 0.788. The van der Waals surface area contributed by atoms with Gasteiger partial charge in [-0.25, -0.2) is 0 Å². The summed E-state index contributed by atoms with van der Waals surface area (Å²) in [5.74, 6) is 0.572. The van der Waals surface area contributed by atoms with Crippen LogP contribution in [-0.4, -0.2) is 18.6 Å². The van der Waals surface area contributed by atoms with Gasteiger partial charge < -0.3 is 5.32 Å². The van der Waals surface area contributed by atoms with Crippen molar-refractivity contribution in [2.75, 3.05) is 13.6 Å². The highest BCUT2D eigenvalue weighted by Crippen LogP contribution is 2.12. The van der Waals surface area contributed by atoms with E-state index in [9.17, 15) is 0 Å². The number of likely N-dealkylation sites (N-methyl/N-ethyl adjacent to an activating group) is 1. The molecule has 2 nitrogen and oxygen atoms in total. The van der Waals surface area contributed by atoms with Crippen molar-refractivity contribution in [2.24, 2.45) is 5.92 Å². The molecule has 1 N–H and O–H groups in total. The SMILES string of the molecule is CNCC(=Cc1cccnc1)C(C)C. The number of hydrogen-bond acceptors (Lipinski definition) is 2. The van der Waals surface area contributed by atoms with Crippen molar-refractivity contribution in [1.82, 2.24) is 10.3 Å². The van der Waals surface area contributed by atoms with E-state index in [1.807, 2.05) is 19.3 Å². The highest BCUT2D eigenvalue weighted by molar-refractivity contribution is 5.52. The van der Waals surface area contributed by atoms with Crippen LogP contribution in [0.15, 0.2) is 30.1 Å². The fourth-order valence-corrected chi connectivity index (χ4v) is 1.30. The summed E-state index contributed by atoms with van der Waals surface area (Å²) in [4.78, 5) is 4.09. The van der Waals surface area contributed by atoms with E-state index in [-0.39, 0.29) is 0 Å². The molecule has 0 saturated carbocycles. The zero-order chi connectivity index (χ0) is 10.4. The second-order valence-corrected chi connectivity index (χ2v) is 3.69. The number of nitrogens with one attached hydrogen (secondary N) is 1. The summed E-state index contributed by atoms with van der Waals surface area (Å²) >= 11 is 0. The van der Waals surface area contributed by atoms with Gasteiger partial charge in [0.25, 0.3) is 0 Å². The van der Waals surface area contributed by atoms with E-state index in [1.54, 1.807) is 6.20 Å². The first-order chi connectivity index (χ1) is 6.74. The van der Waals surface area contributed by atoms with Gasteiger partial charge in [0, 0.05) is 18.9 Å². The van der Waals surface area contributed by atoms with Crippen molar-refractivity contribution in [3.05, 3.63) is 35.7 Å². The summed E-state index contributed by atoms with van der Waals surface area (Å²) in [7, 11) is 1.97. The first-order valence-corrected chi connectivity index (χ1v) is 4.99. The highest BCUT2D eigenvalue weighted by atomic mass is 14.8. The zero-order valence-electron chi connectivity index (χ0n) is 9.12. The van der Waals surface area contributed by atoms with Gasteiger partial charge in [0.1, 0.15) is 0 Å². The summed E-state index contributed by atoms with van der Waals surface area (Å²) in [5.41, 5.74) is 2.58. The molecule has 0 amide bonds. The van der Waals surface area contributed by atoms with Crippen LogP contribution in [0.1, 0.15) is 19.4 Å². The molecule has 0 saturated heterocycles. The number of nitrogens with zero attached hydrogens (tertiary/aromatic N) is 1. The molecule has 0 aliphatic heterocycles. The lowest BCUT2D eigenvalue weighted by atomic mass is 10.0. The van der Waals surface area contributed by atoms with E-state index in [2.05, 4.69) is 36.3 Å². The lowest BCUT2D eigenvalue weighted by Crippen LogP contribution is -2.13. The van der Waals surface area contributed by atoms with Crippen LogP contribution in [-0.2, 0) is 0 Å². The molecular weight excluding hydrogens is 172 g/mol. The lowest BCUT2D eigenvalue weighted by molar-refractivity contribution is 0.713. The van der Waals surface area contributed by atoms with Gasteiger partial charge in [-0.1, -0.05) is 31.6 Å². The van der Waals surface area contributed by atoms with Gasteiger partial charge in [0.2, 0.25) is 0 Å². The van der Waals surface area contributed by atoms with Crippen LogP contribution in [0.4, 0.5) is 0 Å². The standard InChI is InChI=1S/C12H18N2/c1-10(2)12(9-13-3)7-11-5-4-6-14-8-11/h4-8,10,13H,9H2,1-3H3. The van der Waals surface area contributed by atoms with E-state index in [4.69, 9.17) is 0 Å². The van der Waals surface area contributed by atoms with E-state index >= 15 is 0 Å². The Morgan fingerprint density at radius 1 is 1.57 bits per heavy atom. The summed E-state index contributed by atoms with van der Waals surface area (Å²) in [5, 5.41) is 3.18. The molecule has 0 unspecified atom stereocenters. The van der Waals surface area contributed by atoms with Crippen LogP contribution in [0.5, 0.6) is 0 Å². The predicted octanol–water partition coefficient (Wildman–Crippen LogP) is 2.34. The Kier molecular flexibility index (Phi) is 4.33. The van der Waals surface area contributed by atoms with Gasteiger partial charge in [-0.15, -0.1) is 0 Å². The number of aromatic nitrogens is 1. The Morgan fingerprint density at radius 3 is 2.86 bits per heavy atom. The fourth-order valence-electron chi connectivity index (χ4n) is 1.30. The highest BCUT2D eigenvalue weighted by Gasteiger charge is 2.01. The normalized spacial score (nSPS) is 12.1. The second kappa shape index (κ2) is 5.55. The molecule has 0 atom stereocenters. The first kappa shape index (κ1) is 10.9. The lowest BCUT2D eigenvalue weighted by Gasteiger charge is -2.10. The molecule has 0 fully saturated rings. The molecule has 0 aliphatic carbocycles. The van der Waals surface area contributed by atoms with Crippen molar-refractivity contribution >= 4 is 6.08 Å².